The third-order valence-electron chi connectivity index (χ3n) is 4.07. The summed E-state index contributed by atoms with van der Waals surface area (Å²) in [6.45, 7) is 6.75. The smallest absolute Gasteiger partial charge is 0.257 e. The Bertz CT molecular complexity index is 884. The fourth-order valence-electron chi connectivity index (χ4n) is 2.56. The second-order valence-corrected chi connectivity index (χ2v) is 7.78. The van der Waals surface area contributed by atoms with E-state index < -0.39 is 0 Å². The summed E-state index contributed by atoms with van der Waals surface area (Å²) in [6.07, 6.45) is 2.31. The number of amides is 2. The topological polar surface area (TPSA) is 79.5 Å². The number of hydrogen-bond acceptors (Lipinski definition) is 4. The Balaban J connectivity index is 1.92. The van der Waals surface area contributed by atoms with Crippen molar-refractivity contribution in [2.45, 2.75) is 40.0 Å². The number of benzene rings is 2. The lowest BCUT2D eigenvalue weighted by atomic mass is 10.2. The molecule has 160 valence electrons. The van der Waals surface area contributed by atoms with Crippen molar-refractivity contribution in [3.8, 4) is 5.75 Å². The van der Waals surface area contributed by atoms with E-state index in [-0.39, 0.29) is 16.9 Å². The molecular formula is C23H29N3O3S. The van der Waals surface area contributed by atoms with Crippen LogP contribution in [0.2, 0.25) is 0 Å². The van der Waals surface area contributed by atoms with E-state index in [1.54, 1.807) is 42.5 Å². The zero-order chi connectivity index (χ0) is 21.9. The van der Waals surface area contributed by atoms with E-state index in [1.165, 1.54) is 0 Å². The van der Waals surface area contributed by atoms with Crippen LogP contribution in [0.25, 0.3) is 0 Å². The summed E-state index contributed by atoms with van der Waals surface area (Å²) in [4.78, 5) is 24.4. The number of nitrogens with one attached hydrogen (secondary N) is 3. The molecule has 6 nitrogen and oxygen atoms in total. The molecule has 7 heteroatoms. The van der Waals surface area contributed by atoms with Crippen molar-refractivity contribution in [1.82, 2.24) is 5.32 Å². The molecule has 0 aromatic heterocycles. The van der Waals surface area contributed by atoms with Gasteiger partial charge in [-0.15, -0.1) is 0 Å². The van der Waals surface area contributed by atoms with Crippen LogP contribution in [-0.4, -0.2) is 23.5 Å². The van der Waals surface area contributed by atoms with Gasteiger partial charge in [0.25, 0.3) is 5.91 Å². The minimum absolute atomic E-state index is 0.0237. The van der Waals surface area contributed by atoms with Crippen molar-refractivity contribution in [2.24, 2.45) is 5.92 Å². The first kappa shape index (κ1) is 23.3. The van der Waals surface area contributed by atoms with Gasteiger partial charge in [0, 0.05) is 23.4 Å². The summed E-state index contributed by atoms with van der Waals surface area (Å²) >= 11 is 5.26. The quantitative estimate of drug-likeness (QED) is 0.492. The first-order chi connectivity index (χ1) is 14.4. The molecule has 2 rings (SSSR count). The summed E-state index contributed by atoms with van der Waals surface area (Å²) in [5, 5.41) is 8.66. The predicted molar refractivity (Wildman–Crippen MR) is 125 cm³/mol. The number of carbonyl (C=O) groups excluding carboxylic acids is 2. The third kappa shape index (κ3) is 8.21. The maximum atomic E-state index is 12.5. The van der Waals surface area contributed by atoms with Gasteiger partial charge in [-0.05, 0) is 61.0 Å². The molecule has 0 atom stereocenters. The van der Waals surface area contributed by atoms with Gasteiger partial charge in [0.15, 0.2) is 5.11 Å². The summed E-state index contributed by atoms with van der Waals surface area (Å²) in [5.74, 6) is 0.684. The molecule has 2 aromatic carbocycles. The number of anilines is 2. The summed E-state index contributed by atoms with van der Waals surface area (Å²) in [7, 11) is 0. The van der Waals surface area contributed by atoms with Gasteiger partial charge in [-0.2, -0.15) is 0 Å². The highest BCUT2D eigenvalue weighted by Crippen LogP contribution is 2.17. The molecule has 0 heterocycles. The summed E-state index contributed by atoms with van der Waals surface area (Å²) in [6, 6.07) is 14.2. The van der Waals surface area contributed by atoms with Crippen LogP contribution in [0.1, 0.15) is 50.4 Å². The van der Waals surface area contributed by atoms with Gasteiger partial charge in [-0.25, -0.2) is 0 Å². The molecular weight excluding hydrogens is 398 g/mol. The Kier molecular flexibility index (Phi) is 9.28. The van der Waals surface area contributed by atoms with Crippen molar-refractivity contribution in [1.29, 1.82) is 0 Å². The third-order valence-corrected chi connectivity index (χ3v) is 4.27. The molecule has 0 unspecified atom stereocenters. The number of thiocarbonyl (C=S) groups is 1. The standard InChI is InChI=1S/C23H29N3O3S/c1-4-5-12-21(27)24-18-9-7-10-19(14-18)25-23(30)26-22(28)17-8-6-11-20(13-17)29-15-16(2)3/h6-11,13-14,16H,4-5,12,15H2,1-3H3,(H,24,27)(H2,25,26,28,30). The first-order valence-electron chi connectivity index (χ1n) is 10.1. The SMILES string of the molecule is CCCCC(=O)Nc1cccc(NC(=S)NC(=O)c2cccc(OCC(C)C)c2)c1. The molecule has 0 aliphatic carbocycles. The highest BCUT2D eigenvalue weighted by molar-refractivity contribution is 7.80. The van der Waals surface area contributed by atoms with Gasteiger partial charge in [0.1, 0.15) is 5.75 Å². The first-order valence-corrected chi connectivity index (χ1v) is 10.5. The number of hydrogen-bond donors (Lipinski definition) is 3. The highest BCUT2D eigenvalue weighted by atomic mass is 32.1. The molecule has 0 fully saturated rings. The Hall–Kier alpha value is -2.93. The number of unbranched alkanes of at least 4 members (excludes halogenated alkanes) is 1. The Morgan fingerprint density at radius 1 is 1.03 bits per heavy atom. The molecule has 2 amide bonds. The second-order valence-electron chi connectivity index (χ2n) is 7.37. The van der Waals surface area contributed by atoms with Crippen LogP contribution in [-0.2, 0) is 4.79 Å². The van der Waals surface area contributed by atoms with Crippen molar-refractivity contribution >= 4 is 40.5 Å². The van der Waals surface area contributed by atoms with E-state index in [0.29, 0.717) is 41.6 Å². The van der Waals surface area contributed by atoms with E-state index in [0.717, 1.165) is 12.8 Å². The normalized spacial score (nSPS) is 10.4. The molecule has 0 spiro atoms. The number of ether oxygens (including phenoxy) is 1. The lowest BCUT2D eigenvalue weighted by Gasteiger charge is -2.12. The predicted octanol–water partition coefficient (Wildman–Crippen LogP) is 4.98. The van der Waals surface area contributed by atoms with Crippen LogP contribution in [0, 0.1) is 5.92 Å². The minimum atomic E-state index is -0.327. The van der Waals surface area contributed by atoms with Crippen LogP contribution in [0.3, 0.4) is 0 Å². The maximum absolute atomic E-state index is 12.5. The molecule has 0 bridgehead atoms. The zero-order valence-electron chi connectivity index (χ0n) is 17.7. The number of carbonyl (C=O) groups is 2. The highest BCUT2D eigenvalue weighted by Gasteiger charge is 2.10. The molecule has 0 aliphatic heterocycles. The van der Waals surface area contributed by atoms with Crippen LogP contribution in [0.15, 0.2) is 48.5 Å². The number of rotatable bonds is 9. The largest absolute Gasteiger partial charge is 0.493 e. The fraction of sp³-hybridized carbons (Fsp3) is 0.348. The van der Waals surface area contributed by atoms with Crippen molar-refractivity contribution in [3.05, 3.63) is 54.1 Å². The maximum Gasteiger partial charge on any atom is 0.257 e. The van der Waals surface area contributed by atoms with Crippen LogP contribution < -0.4 is 20.7 Å². The molecule has 0 aliphatic rings. The van der Waals surface area contributed by atoms with E-state index in [1.807, 2.05) is 13.0 Å². The van der Waals surface area contributed by atoms with Crippen molar-refractivity contribution < 1.29 is 14.3 Å². The molecule has 2 aromatic rings. The molecule has 3 N–H and O–H groups in total. The second kappa shape index (κ2) is 11.9. The molecule has 0 radical (unpaired) electrons. The lowest BCUT2D eigenvalue weighted by Crippen LogP contribution is -2.34. The van der Waals surface area contributed by atoms with Crippen molar-refractivity contribution in [2.75, 3.05) is 17.2 Å². The molecule has 30 heavy (non-hydrogen) atoms. The minimum Gasteiger partial charge on any atom is -0.493 e. The Labute approximate surface area is 183 Å². The van der Waals surface area contributed by atoms with Crippen molar-refractivity contribution in [3.63, 3.8) is 0 Å². The Morgan fingerprint density at radius 3 is 2.43 bits per heavy atom. The van der Waals surface area contributed by atoms with Crippen LogP contribution in [0.4, 0.5) is 11.4 Å². The van der Waals surface area contributed by atoms with E-state index in [2.05, 4.69) is 29.8 Å². The Morgan fingerprint density at radius 2 is 1.73 bits per heavy atom. The van der Waals surface area contributed by atoms with E-state index in [9.17, 15) is 9.59 Å². The molecule has 0 saturated heterocycles. The van der Waals surface area contributed by atoms with E-state index >= 15 is 0 Å². The van der Waals surface area contributed by atoms with Gasteiger partial charge >= 0.3 is 0 Å². The summed E-state index contributed by atoms with van der Waals surface area (Å²) in [5.41, 5.74) is 1.80. The lowest BCUT2D eigenvalue weighted by molar-refractivity contribution is -0.116. The van der Waals surface area contributed by atoms with Gasteiger partial charge in [0.2, 0.25) is 5.91 Å². The average molecular weight is 428 g/mol. The van der Waals surface area contributed by atoms with Gasteiger partial charge in [0.05, 0.1) is 6.61 Å². The fourth-order valence-corrected chi connectivity index (χ4v) is 2.77. The van der Waals surface area contributed by atoms with E-state index in [4.69, 9.17) is 17.0 Å². The summed E-state index contributed by atoms with van der Waals surface area (Å²) < 4.78 is 5.67. The van der Waals surface area contributed by atoms with Gasteiger partial charge in [-0.1, -0.05) is 39.3 Å². The molecule has 0 saturated carbocycles. The van der Waals surface area contributed by atoms with Gasteiger partial charge in [-0.3, -0.25) is 14.9 Å². The zero-order valence-corrected chi connectivity index (χ0v) is 18.5. The van der Waals surface area contributed by atoms with Gasteiger partial charge < -0.3 is 15.4 Å². The van der Waals surface area contributed by atoms with Crippen LogP contribution >= 0.6 is 12.2 Å². The average Bonchev–Trinajstić information content (AvgIpc) is 2.71. The van der Waals surface area contributed by atoms with Crippen LogP contribution in [0.5, 0.6) is 5.75 Å². The monoisotopic (exact) mass is 427 g/mol.